The van der Waals surface area contributed by atoms with Crippen LogP contribution < -0.4 is 0 Å². The van der Waals surface area contributed by atoms with Crippen molar-refractivity contribution >= 4 is 23.1 Å². The number of azo groups is 1. The highest BCUT2D eigenvalue weighted by Crippen LogP contribution is 2.27. The molecule has 3 rings (SSSR count). The maximum Gasteiger partial charge on any atom is 0.337 e. The molecule has 0 fully saturated rings. The Morgan fingerprint density at radius 1 is 1.22 bits per heavy atom. The van der Waals surface area contributed by atoms with Gasteiger partial charge in [-0.2, -0.15) is 0 Å². The van der Waals surface area contributed by atoms with E-state index in [-0.39, 0.29) is 5.75 Å². The van der Waals surface area contributed by atoms with Crippen molar-refractivity contribution in [3.8, 4) is 5.75 Å². The van der Waals surface area contributed by atoms with Crippen LogP contribution in [0.3, 0.4) is 0 Å². The number of hydrogen-bond acceptors (Lipinski definition) is 6. The number of esters is 1. The number of methoxy groups -OCH3 is 1. The van der Waals surface area contributed by atoms with Gasteiger partial charge in [0.2, 0.25) is 0 Å². The normalized spacial score (nSPS) is 11.2. The van der Waals surface area contributed by atoms with E-state index in [4.69, 9.17) is 0 Å². The third-order valence-electron chi connectivity index (χ3n) is 3.32. The molecule has 0 aliphatic carbocycles. The zero-order valence-corrected chi connectivity index (χ0v) is 12.6. The summed E-state index contributed by atoms with van der Waals surface area (Å²) in [6.45, 7) is 1.79. The number of nitrogens with zero attached hydrogens (tertiary/aromatic N) is 4. The fourth-order valence-electron chi connectivity index (χ4n) is 2.16. The minimum Gasteiger partial charge on any atom is -0.504 e. The smallest absolute Gasteiger partial charge is 0.337 e. The van der Waals surface area contributed by atoms with Crippen LogP contribution in [0.4, 0.5) is 11.5 Å². The Hall–Kier alpha value is -3.22. The Labute approximate surface area is 131 Å². The summed E-state index contributed by atoms with van der Waals surface area (Å²) in [5, 5.41) is 18.1. The number of ether oxygens (including phenoxy) is 1. The number of hydrogen-bond donors (Lipinski definition) is 1. The van der Waals surface area contributed by atoms with Crippen molar-refractivity contribution in [2.75, 3.05) is 7.11 Å². The summed E-state index contributed by atoms with van der Waals surface area (Å²) in [6.07, 6.45) is 1.75. The van der Waals surface area contributed by atoms with Gasteiger partial charge in [-0.1, -0.05) is 0 Å². The van der Waals surface area contributed by atoms with E-state index in [0.717, 1.165) is 0 Å². The van der Waals surface area contributed by atoms with Gasteiger partial charge in [0.05, 0.1) is 24.1 Å². The maximum atomic E-state index is 11.4. The number of fused-ring (bicyclic) bond motifs is 1. The van der Waals surface area contributed by atoms with Gasteiger partial charge in [0.25, 0.3) is 0 Å². The second-order valence-electron chi connectivity index (χ2n) is 4.85. The number of aromatic hydroxyl groups is 1. The standard InChI is InChI=1S/C16H14N4O3/c1-10-14(20-9-3-4-13(21)15(20)17-10)19-18-12-7-5-11(6-8-12)16(22)23-2/h3-9,21H,1-2H3. The summed E-state index contributed by atoms with van der Waals surface area (Å²) in [5.41, 5.74) is 2.12. The Morgan fingerprint density at radius 3 is 2.65 bits per heavy atom. The SMILES string of the molecule is COC(=O)c1ccc(N=Nc2c(C)nc3c(O)cccn23)cc1. The van der Waals surface area contributed by atoms with E-state index in [2.05, 4.69) is 19.9 Å². The minimum atomic E-state index is -0.401. The first-order valence-electron chi connectivity index (χ1n) is 6.87. The largest absolute Gasteiger partial charge is 0.504 e. The monoisotopic (exact) mass is 310 g/mol. The highest BCUT2D eigenvalue weighted by atomic mass is 16.5. The van der Waals surface area contributed by atoms with Crippen LogP contribution in [-0.4, -0.2) is 27.6 Å². The van der Waals surface area contributed by atoms with Crippen LogP contribution in [0.15, 0.2) is 52.8 Å². The van der Waals surface area contributed by atoms with E-state index < -0.39 is 5.97 Å². The van der Waals surface area contributed by atoms with Gasteiger partial charge in [-0.25, -0.2) is 9.78 Å². The molecule has 0 amide bonds. The molecule has 0 aliphatic heterocycles. The molecule has 0 aliphatic rings. The van der Waals surface area contributed by atoms with Gasteiger partial charge >= 0.3 is 5.97 Å². The molecular formula is C16H14N4O3. The fraction of sp³-hybridized carbons (Fsp3) is 0.125. The van der Waals surface area contributed by atoms with Crippen LogP contribution in [0.2, 0.25) is 0 Å². The summed E-state index contributed by atoms with van der Waals surface area (Å²) in [7, 11) is 1.33. The Kier molecular flexibility index (Phi) is 3.76. The first-order chi connectivity index (χ1) is 11.1. The predicted octanol–water partition coefficient (Wildman–Crippen LogP) is 3.55. The van der Waals surface area contributed by atoms with E-state index >= 15 is 0 Å². The molecule has 0 atom stereocenters. The molecule has 23 heavy (non-hydrogen) atoms. The number of carbonyl (C=O) groups is 1. The Balaban J connectivity index is 1.93. The molecule has 0 saturated carbocycles. The molecule has 0 saturated heterocycles. The Morgan fingerprint density at radius 2 is 1.96 bits per heavy atom. The van der Waals surface area contributed by atoms with Crippen LogP contribution in [0, 0.1) is 6.92 Å². The Bertz CT molecular complexity index is 898. The molecule has 0 unspecified atom stereocenters. The van der Waals surface area contributed by atoms with Gasteiger partial charge in [-0.3, -0.25) is 4.40 Å². The molecule has 116 valence electrons. The number of rotatable bonds is 3. The average molecular weight is 310 g/mol. The summed E-state index contributed by atoms with van der Waals surface area (Å²) >= 11 is 0. The van der Waals surface area contributed by atoms with Gasteiger partial charge < -0.3 is 9.84 Å². The van der Waals surface area contributed by atoms with Gasteiger partial charge in [0.15, 0.2) is 17.2 Å². The molecule has 0 spiro atoms. The van der Waals surface area contributed by atoms with Crippen molar-refractivity contribution < 1.29 is 14.6 Å². The molecule has 7 nitrogen and oxygen atoms in total. The van der Waals surface area contributed by atoms with E-state index in [1.54, 1.807) is 53.9 Å². The number of benzene rings is 1. The topological polar surface area (TPSA) is 88.5 Å². The van der Waals surface area contributed by atoms with Gasteiger partial charge in [0, 0.05) is 6.20 Å². The van der Waals surface area contributed by atoms with Crippen molar-refractivity contribution in [1.82, 2.24) is 9.38 Å². The molecule has 2 aromatic heterocycles. The maximum absolute atomic E-state index is 11.4. The average Bonchev–Trinajstić information content (AvgIpc) is 2.90. The molecule has 7 heteroatoms. The second kappa shape index (κ2) is 5.88. The lowest BCUT2D eigenvalue weighted by molar-refractivity contribution is 0.0601. The van der Waals surface area contributed by atoms with E-state index in [0.29, 0.717) is 28.4 Å². The fourth-order valence-corrected chi connectivity index (χ4v) is 2.16. The third-order valence-corrected chi connectivity index (χ3v) is 3.32. The van der Waals surface area contributed by atoms with Crippen LogP contribution in [0.1, 0.15) is 16.1 Å². The predicted molar refractivity (Wildman–Crippen MR) is 83.6 cm³/mol. The second-order valence-corrected chi connectivity index (χ2v) is 4.85. The van der Waals surface area contributed by atoms with Crippen molar-refractivity contribution in [2.45, 2.75) is 6.92 Å². The van der Waals surface area contributed by atoms with Gasteiger partial charge in [-0.15, -0.1) is 10.2 Å². The van der Waals surface area contributed by atoms with Crippen LogP contribution >= 0.6 is 0 Å². The lowest BCUT2D eigenvalue weighted by Crippen LogP contribution is -1.99. The van der Waals surface area contributed by atoms with Crippen LogP contribution in [-0.2, 0) is 4.74 Å². The summed E-state index contributed by atoms with van der Waals surface area (Å²) < 4.78 is 6.31. The van der Waals surface area contributed by atoms with E-state index in [1.165, 1.54) is 7.11 Å². The molecule has 0 bridgehead atoms. The lowest BCUT2D eigenvalue weighted by Gasteiger charge is -1.99. The zero-order chi connectivity index (χ0) is 16.4. The first-order valence-corrected chi connectivity index (χ1v) is 6.87. The zero-order valence-electron chi connectivity index (χ0n) is 12.6. The summed E-state index contributed by atoms with van der Waals surface area (Å²) in [4.78, 5) is 15.7. The highest BCUT2D eigenvalue weighted by Gasteiger charge is 2.10. The van der Waals surface area contributed by atoms with Gasteiger partial charge in [-0.05, 0) is 43.3 Å². The van der Waals surface area contributed by atoms with Crippen LogP contribution in [0.5, 0.6) is 5.75 Å². The number of aromatic nitrogens is 2. The molecule has 3 aromatic rings. The van der Waals surface area contributed by atoms with E-state index in [9.17, 15) is 9.90 Å². The number of pyridine rings is 1. The van der Waals surface area contributed by atoms with Crippen LogP contribution in [0.25, 0.3) is 5.65 Å². The van der Waals surface area contributed by atoms with Gasteiger partial charge in [0.1, 0.15) is 0 Å². The first kappa shape index (κ1) is 14.7. The highest BCUT2D eigenvalue weighted by molar-refractivity contribution is 5.89. The lowest BCUT2D eigenvalue weighted by atomic mass is 10.2. The number of aryl methyl sites for hydroxylation is 1. The van der Waals surface area contributed by atoms with Crippen molar-refractivity contribution in [2.24, 2.45) is 10.2 Å². The minimum absolute atomic E-state index is 0.0829. The van der Waals surface area contributed by atoms with Crippen molar-refractivity contribution in [3.05, 3.63) is 53.9 Å². The van der Waals surface area contributed by atoms with Crippen molar-refractivity contribution in [1.29, 1.82) is 0 Å². The number of imidazole rings is 1. The quantitative estimate of drug-likeness (QED) is 0.592. The summed E-state index contributed by atoms with van der Waals surface area (Å²) in [6, 6.07) is 9.85. The molecule has 0 radical (unpaired) electrons. The molecular weight excluding hydrogens is 296 g/mol. The molecule has 1 N–H and O–H groups in total. The van der Waals surface area contributed by atoms with E-state index in [1.807, 2.05) is 0 Å². The summed E-state index contributed by atoms with van der Waals surface area (Å²) in [5.74, 6) is 0.217. The third kappa shape index (κ3) is 2.76. The molecule has 2 heterocycles. The van der Waals surface area contributed by atoms with Crippen molar-refractivity contribution in [3.63, 3.8) is 0 Å². The molecule has 1 aromatic carbocycles. The number of carbonyl (C=O) groups excluding carboxylic acids is 1.